The highest BCUT2D eigenvalue weighted by molar-refractivity contribution is 7.80. The van der Waals surface area contributed by atoms with Gasteiger partial charge in [-0.05, 0) is 48.7 Å². The molecule has 4 heterocycles. The standard InChI is InChI=1S/C24H23N7O3S2/c1-29-20(11-30-16-8-4-2-6-13(16)21(32)14-7-3-5-9-17(14)30)28-31(24(29)36)18-10-15(26-27-23(25)35)22-33-12-19(18)34-22/h2-9,18-19,22H,10-12H2,1H3,(H3,25,27,35)/t18-,19+,22+/m1/s1. The summed E-state index contributed by atoms with van der Waals surface area (Å²) in [6, 6.07) is 15.0. The lowest BCUT2D eigenvalue weighted by Crippen LogP contribution is -2.39. The molecule has 2 bridgehead atoms. The number of aromatic nitrogens is 4. The molecule has 12 heteroatoms. The average molecular weight is 522 g/mol. The highest BCUT2D eigenvalue weighted by Gasteiger charge is 2.44. The zero-order chi connectivity index (χ0) is 25.0. The summed E-state index contributed by atoms with van der Waals surface area (Å²) in [5.74, 6) is 0.750. The van der Waals surface area contributed by atoms with Crippen LogP contribution in [0.3, 0.4) is 0 Å². The Balaban J connectivity index is 1.43. The maximum Gasteiger partial charge on any atom is 0.199 e. The van der Waals surface area contributed by atoms with Gasteiger partial charge in [-0.15, -0.1) is 0 Å². The van der Waals surface area contributed by atoms with Crippen LogP contribution in [0.25, 0.3) is 21.8 Å². The van der Waals surface area contributed by atoms with Crippen LogP contribution in [-0.2, 0) is 23.1 Å². The third kappa shape index (κ3) is 3.73. The SMILES string of the molecule is Cn1c(Cn2c3ccccc3c(=O)c3ccccc32)nn([C@@H]2CC(=NNC(N)=S)[C@H]3OC[C@@H]2O3)c1=S. The molecule has 184 valence electrons. The second-order valence-electron chi connectivity index (χ2n) is 8.84. The van der Waals surface area contributed by atoms with Crippen LogP contribution >= 0.6 is 24.4 Å². The van der Waals surface area contributed by atoms with Gasteiger partial charge in [-0.1, -0.05) is 24.3 Å². The normalized spacial score (nSPS) is 22.5. The van der Waals surface area contributed by atoms with Gasteiger partial charge in [0.05, 0.1) is 35.9 Å². The van der Waals surface area contributed by atoms with Crippen molar-refractivity contribution in [2.75, 3.05) is 6.61 Å². The molecule has 2 aromatic heterocycles. The highest BCUT2D eigenvalue weighted by atomic mass is 32.1. The number of fused-ring (bicyclic) bond motifs is 4. The second-order valence-corrected chi connectivity index (χ2v) is 9.65. The molecule has 2 aliphatic heterocycles. The van der Waals surface area contributed by atoms with Crippen molar-refractivity contribution < 1.29 is 9.47 Å². The zero-order valence-corrected chi connectivity index (χ0v) is 21.0. The molecule has 10 nitrogen and oxygen atoms in total. The van der Waals surface area contributed by atoms with Crippen LogP contribution in [0.15, 0.2) is 58.4 Å². The van der Waals surface area contributed by atoms with Gasteiger partial charge in [0, 0.05) is 24.2 Å². The number of benzene rings is 2. The molecule has 2 saturated heterocycles. The van der Waals surface area contributed by atoms with Crippen LogP contribution in [0.5, 0.6) is 0 Å². The monoisotopic (exact) mass is 521 g/mol. The Morgan fingerprint density at radius 3 is 2.53 bits per heavy atom. The summed E-state index contributed by atoms with van der Waals surface area (Å²) in [5, 5.41) is 10.6. The Labute approximate surface area is 215 Å². The van der Waals surface area contributed by atoms with Gasteiger partial charge < -0.3 is 24.3 Å². The fourth-order valence-corrected chi connectivity index (χ4v) is 5.28. The van der Waals surface area contributed by atoms with Crippen molar-refractivity contribution in [3.05, 3.63) is 69.3 Å². The number of hydrogen-bond donors (Lipinski definition) is 2. The highest BCUT2D eigenvalue weighted by Crippen LogP contribution is 2.33. The van der Waals surface area contributed by atoms with Crippen molar-refractivity contribution >= 4 is 57.1 Å². The van der Waals surface area contributed by atoms with Crippen LogP contribution in [0, 0.1) is 4.77 Å². The van der Waals surface area contributed by atoms with Crippen molar-refractivity contribution in [2.45, 2.75) is 31.4 Å². The topological polar surface area (TPSA) is 114 Å². The van der Waals surface area contributed by atoms with Crippen molar-refractivity contribution in [3.63, 3.8) is 0 Å². The van der Waals surface area contributed by atoms with E-state index in [1.165, 1.54) is 0 Å². The summed E-state index contributed by atoms with van der Waals surface area (Å²) in [5.41, 5.74) is 10.5. The van der Waals surface area contributed by atoms with Gasteiger partial charge in [0.25, 0.3) is 0 Å². The summed E-state index contributed by atoms with van der Waals surface area (Å²) in [6.07, 6.45) is -0.216. The Morgan fingerprint density at radius 1 is 1.19 bits per heavy atom. The van der Waals surface area contributed by atoms with E-state index in [0.717, 1.165) is 16.9 Å². The summed E-state index contributed by atoms with van der Waals surface area (Å²) in [7, 11) is 1.90. The van der Waals surface area contributed by atoms with Gasteiger partial charge in [-0.2, -0.15) is 10.2 Å². The van der Waals surface area contributed by atoms with Gasteiger partial charge in [0.15, 0.2) is 27.4 Å². The number of hydrazone groups is 1. The molecule has 0 spiro atoms. The minimum atomic E-state index is -0.538. The van der Waals surface area contributed by atoms with E-state index in [4.69, 9.17) is 44.7 Å². The fourth-order valence-electron chi connectivity index (χ4n) is 4.95. The first-order valence-electron chi connectivity index (χ1n) is 11.5. The van der Waals surface area contributed by atoms with Gasteiger partial charge in [-0.25, -0.2) is 4.68 Å². The molecule has 4 aromatic rings. The number of nitrogens with two attached hydrogens (primary N) is 1. The molecule has 6 rings (SSSR count). The van der Waals surface area contributed by atoms with Crippen molar-refractivity contribution in [1.29, 1.82) is 0 Å². The first-order chi connectivity index (χ1) is 17.4. The quantitative estimate of drug-likeness (QED) is 0.239. The predicted octanol–water partition coefficient (Wildman–Crippen LogP) is 2.34. The molecule has 0 radical (unpaired) electrons. The van der Waals surface area contributed by atoms with Crippen molar-refractivity contribution in [2.24, 2.45) is 17.9 Å². The average Bonchev–Trinajstić information content (AvgIpc) is 3.43. The number of thiocarbonyl (C=S) groups is 1. The van der Waals surface area contributed by atoms with E-state index in [2.05, 4.69) is 15.1 Å². The smallest absolute Gasteiger partial charge is 0.199 e. The maximum atomic E-state index is 13.1. The third-order valence-corrected chi connectivity index (χ3v) is 7.28. The van der Waals surface area contributed by atoms with Gasteiger partial charge in [-0.3, -0.25) is 10.2 Å². The van der Waals surface area contributed by atoms with E-state index in [-0.39, 0.29) is 22.7 Å². The molecule has 3 atom stereocenters. The van der Waals surface area contributed by atoms with Gasteiger partial charge in [0.1, 0.15) is 6.10 Å². The maximum absolute atomic E-state index is 13.1. The Morgan fingerprint density at radius 2 is 1.86 bits per heavy atom. The molecule has 0 unspecified atom stereocenters. The van der Waals surface area contributed by atoms with Gasteiger partial charge >= 0.3 is 0 Å². The van der Waals surface area contributed by atoms with Crippen molar-refractivity contribution in [3.8, 4) is 0 Å². The molecular formula is C24H23N7O3S2. The Bertz CT molecular complexity index is 1610. The summed E-state index contributed by atoms with van der Waals surface area (Å²) < 4.78 is 18.2. The predicted molar refractivity (Wildman–Crippen MR) is 142 cm³/mol. The molecule has 2 aliphatic rings. The molecular weight excluding hydrogens is 498 g/mol. The number of nitrogens with zero attached hydrogens (tertiary/aromatic N) is 5. The first kappa shape index (κ1) is 23.0. The van der Waals surface area contributed by atoms with Crippen LogP contribution in [-0.4, -0.2) is 48.7 Å². The Hall–Kier alpha value is -3.45. The molecule has 0 amide bonds. The van der Waals surface area contributed by atoms with Crippen LogP contribution in [0.2, 0.25) is 0 Å². The first-order valence-corrected chi connectivity index (χ1v) is 12.3. The van der Waals surface area contributed by atoms with E-state index >= 15 is 0 Å². The minimum Gasteiger partial charge on any atom is -0.375 e. The fraction of sp³-hybridized carbons (Fsp3) is 0.292. The van der Waals surface area contributed by atoms with E-state index in [1.54, 1.807) is 0 Å². The second kappa shape index (κ2) is 8.89. The number of pyridine rings is 1. The van der Waals surface area contributed by atoms with Crippen LogP contribution in [0.1, 0.15) is 18.3 Å². The number of para-hydroxylation sites is 2. The molecule has 0 saturated carbocycles. The molecule has 2 fully saturated rings. The molecule has 0 aliphatic carbocycles. The van der Waals surface area contributed by atoms with Crippen LogP contribution < -0.4 is 16.6 Å². The van der Waals surface area contributed by atoms with Crippen molar-refractivity contribution in [1.82, 2.24) is 24.3 Å². The lowest BCUT2D eigenvalue weighted by atomic mass is 10.0. The summed E-state index contributed by atoms with van der Waals surface area (Å²) in [4.78, 5) is 13.1. The van der Waals surface area contributed by atoms with E-state index in [1.807, 2.05) is 64.8 Å². The van der Waals surface area contributed by atoms with E-state index in [9.17, 15) is 4.79 Å². The van der Waals surface area contributed by atoms with Crippen LogP contribution in [0.4, 0.5) is 0 Å². The zero-order valence-electron chi connectivity index (χ0n) is 19.3. The lowest BCUT2D eigenvalue weighted by molar-refractivity contribution is -0.0323. The molecule has 2 aromatic carbocycles. The number of ether oxygens (including phenoxy) is 2. The number of rotatable bonds is 4. The Kier molecular flexibility index (Phi) is 5.67. The molecule has 3 N–H and O–H groups in total. The largest absolute Gasteiger partial charge is 0.375 e. The van der Waals surface area contributed by atoms with Gasteiger partial charge in [0.2, 0.25) is 0 Å². The van der Waals surface area contributed by atoms with E-state index < -0.39 is 6.29 Å². The number of nitrogens with one attached hydrogen (secondary N) is 1. The van der Waals surface area contributed by atoms with E-state index in [0.29, 0.717) is 40.8 Å². The minimum absolute atomic E-state index is 0.0174. The lowest BCUT2D eigenvalue weighted by Gasteiger charge is -2.28. The number of hydrogen-bond acceptors (Lipinski definition) is 7. The summed E-state index contributed by atoms with van der Waals surface area (Å²) >= 11 is 10.7. The summed E-state index contributed by atoms with van der Waals surface area (Å²) in [6.45, 7) is 0.833. The molecule has 36 heavy (non-hydrogen) atoms. The third-order valence-electron chi connectivity index (χ3n) is 6.73.